The zero-order valence-electron chi connectivity index (χ0n) is 11.2. The summed E-state index contributed by atoms with van der Waals surface area (Å²) in [6.07, 6.45) is 6.44. The van der Waals surface area contributed by atoms with Crippen molar-refractivity contribution in [1.29, 1.82) is 0 Å². The Labute approximate surface area is 116 Å². The lowest BCUT2D eigenvalue weighted by molar-refractivity contribution is 0.158. The second-order valence-corrected chi connectivity index (χ2v) is 4.76. The van der Waals surface area contributed by atoms with Crippen LogP contribution >= 0.6 is 0 Å². The zero-order chi connectivity index (χ0) is 14.1. The van der Waals surface area contributed by atoms with Crippen LogP contribution in [0.5, 0.6) is 5.88 Å². The van der Waals surface area contributed by atoms with E-state index in [0.29, 0.717) is 23.7 Å². The first-order valence-corrected chi connectivity index (χ1v) is 6.62. The molecule has 1 aliphatic carbocycles. The van der Waals surface area contributed by atoms with E-state index >= 15 is 0 Å². The molecule has 7 heteroatoms. The average Bonchev–Trinajstić information content (AvgIpc) is 3.04. The van der Waals surface area contributed by atoms with E-state index in [1.54, 1.807) is 6.33 Å². The van der Waals surface area contributed by atoms with E-state index < -0.39 is 0 Å². The highest BCUT2D eigenvalue weighted by Gasteiger charge is 2.23. The van der Waals surface area contributed by atoms with Gasteiger partial charge in [0.2, 0.25) is 11.8 Å². The monoisotopic (exact) mass is 274 g/mol. The van der Waals surface area contributed by atoms with Gasteiger partial charge in [-0.2, -0.15) is 9.97 Å². The van der Waals surface area contributed by atoms with Crippen molar-refractivity contribution >= 4 is 17.1 Å². The van der Waals surface area contributed by atoms with Crippen molar-refractivity contribution in [3.05, 3.63) is 18.5 Å². The molecule has 3 rings (SSSR count). The third-order valence-corrected chi connectivity index (χ3v) is 3.41. The van der Waals surface area contributed by atoms with Crippen LogP contribution in [-0.4, -0.2) is 32.7 Å². The van der Waals surface area contributed by atoms with Crippen molar-refractivity contribution in [2.24, 2.45) is 5.92 Å². The zero-order valence-corrected chi connectivity index (χ0v) is 11.2. The van der Waals surface area contributed by atoms with Crippen LogP contribution in [-0.2, 0) is 5.11 Å². The molecule has 2 atom stereocenters. The van der Waals surface area contributed by atoms with Crippen LogP contribution in [0.2, 0.25) is 0 Å². The Morgan fingerprint density at radius 1 is 1.45 bits per heavy atom. The molecule has 0 spiro atoms. The number of nitrogens with zero attached hydrogens (tertiary/aromatic N) is 4. The van der Waals surface area contributed by atoms with Crippen molar-refractivity contribution in [3.63, 3.8) is 0 Å². The fourth-order valence-corrected chi connectivity index (χ4v) is 2.47. The molecule has 2 aromatic heterocycles. The second kappa shape index (κ2) is 5.09. The molecule has 1 aliphatic rings. The van der Waals surface area contributed by atoms with Gasteiger partial charge in [0.05, 0.1) is 25.6 Å². The van der Waals surface area contributed by atoms with Gasteiger partial charge < -0.3 is 15.0 Å². The van der Waals surface area contributed by atoms with Gasteiger partial charge in [0, 0.05) is 5.92 Å². The van der Waals surface area contributed by atoms with Gasteiger partial charge in [-0.05, 0) is 13.3 Å². The number of allylic oxidation sites excluding steroid dienone is 1. The normalized spacial score (nSPS) is 21.7. The Hall–Kier alpha value is -2.15. The first kappa shape index (κ1) is 12.9. The minimum atomic E-state index is -0.0963. The smallest absolute Gasteiger partial charge is 0.247 e. The number of imidazole rings is 1. The molecule has 2 N–H and O–H groups in total. The maximum Gasteiger partial charge on any atom is 0.247 e. The number of rotatable bonds is 4. The molecular formula is C13H16N5O2. The van der Waals surface area contributed by atoms with Gasteiger partial charge in [0.1, 0.15) is 0 Å². The van der Waals surface area contributed by atoms with Gasteiger partial charge in [-0.15, -0.1) is 0 Å². The summed E-state index contributed by atoms with van der Waals surface area (Å²) in [5, 5.41) is 11.0. The molecule has 0 aromatic carbocycles. The summed E-state index contributed by atoms with van der Waals surface area (Å²) in [5.74, 6) is 0.629. The second-order valence-electron chi connectivity index (χ2n) is 4.76. The summed E-state index contributed by atoms with van der Waals surface area (Å²) in [6.45, 7) is 2.26. The van der Waals surface area contributed by atoms with Crippen LogP contribution in [0.15, 0.2) is 18.5 Å². The number of ether oxygens (including phenoxy) is 1. The molecule has 0 unspecified atom stereocenters. The number of anilines is 1. The van der Waals surface area contributed by atoms with Crippen LogP contribution in [0.1, 0.15) is 19.4 Å². The summed E-state index contributed by atoms with van der Waals surface area (Å²) in [4.78, 5) is 12.6. The Morgan fingerprint density at radius 2 is 2.30 bits per heavy atom. The number of fused-ring (bicyclic) bond motifs is 1. The molecule has 20 heavy (non-hydrogen) atoms. The maximum atomic E-state index is 11.0. The topological polar surface area (TPSA) is 98.8 Å². The molecule has 0 bridgehead atoms. The molecule has 0 amide bonds. The van der Waals surface area contributed by atoms with Gasteiger partial charge in [0.25, 0.3) is 0 Å². The highest BCUT2D eigenvalue weighted by atomic mass is 16.5. The van der Waals surface area contributed by atoms with E-state index in [4.69, 9.17) is 10.5 Å². The van der Waals surface area contributed by atoms with Gasteiger partial charge >= 0.3 is 0 Å². The molecule has 7 nitrogen and oxygen atoms in total. The SMILES string of the molecule is CCOc1nc(N)nc2c1ncn2[C@H]1C=C[C@@H](C[O])C1. The van der Waals surface area contributed by atoms with E-state index in [-0.39, 0.29) is 24.5 Å². The molecule has 0 aliphatic heterocycles. The first-order chi connectivity index (χ1) is 9.72. The highest BCUT2D eigenvalue weighted by Crippen LogP contribution is 2.31. The molecular weight excluding hydrogens is 258 g/mol. The Morgan fingerprint density at radius 3 is 3.00 bits per heavy atom. The minimum Gasteiger partial charge on any atom is -0.476 e. The average molecular weight is 274 g/mol. The van der Waals surface area contributed by atoms with E-state index in [9.17, 15) is 5.11 Å². The summed E-state index contributed by atoms with van der Waals surface area (Å²) in [7, 11) is 0. The Bertz CT molecular complexity index is 651. The Kier molecular flexibility index (Phi) is 3.27. The molecule has 2 heterocycles. The van der Waals surface area contributed by atoms with E-state index in [2.05, 4.69) is 15.0 Å². The van der Waals surface area contributed by atoms with Crippen LogP contribution in [0, 0.1) is 5.92 Å². The molecule has 0 saturated heterocycles. The van der Waals surface area contributed by atoms with Crippen LogP contribution in [0.25, 0.3) is 11.2 Å². The maximum absolute atomic E-state index is 11.0. The van der Waals surface area contributed by atoms with Crippen LogP contribution in [0.3, 0.4) is 0 Å². The fourth-order valence-electron chi connectivity index (χ4n) is 2.47. The van der Waals surface area contributed by atoms with Crippen molar-refractivity contribution in [3.8, 4) is 5.88 Å². The first-order valence-electron chi connectivity index (χ1n) is 6.62. The van der Waals surface area contributed by atoms with Gasteiger partial charge in [-0.1, -0.05) is 12.2 Å². The summed E-state index contributed by atoms with van der Waals surface area (Å²) >= 11 is 0. The van der Waals surface area contributed by atoms with Crippen molar-refractivity contribution in [1.82, 2.24) is 19.5 Å². The molecule has 105 valence electrons. The lowest BCUT2D eigenvalue weighted by Crippen LogP contribution is -2.08. The number of aromatic nitrogens is 4. The van der Waals surface area contributed by atoms with E-state index in [1.807, 2.05) is 23.6 Å². The van der Waals surface area contributed by atoms with Crippen molar-refractivity contribution in [2.75, 3.05) is 18.9 Å². The standard InChI is InChI=1S/C13H16N5O2/c1-2-20-12-10-11(16-13(14)17-12)18(7-15-10)9-4-3-8(5-9)6-19/h3-4,7-9H,2,5-6H2,1H3,(H2,14,16,17)/t8-,9+/m1/s1. The number of nitrogen functional groups attached to an aromatic ring is 1. The van der Waals surface area contributed by atoms with Crippen LogP contribution in [0.4, 0.5) is 5.95 Å². The summed E-state index contributed by atoms with van der Waals surface area (Å²) < 4.78 is 7.36. The molecule has 0 saturated carbocycles. The number of hydrogen-bond acceptors (Lipinski definition) is 5. The highest BCUT2D eigenvalue weighted by molar-refractivity contribution is 5.77. The molecule has 0 fully saturated rings. The van der Waals surface area contributed by atoms with Crippen molar-refractivity contribution < 1.29 is 9.84 Å². The molecule has 1 radical (unpaired) electrons. The number of hydrogen-bond donors (Lipinski definition) is 1. The molecule has 2 aromatic rings. The summed E-state index contributed by atoms with van der Waals surface area (Å²) in [5.41, 5.74) is 6.96. The minimum absolute atomic E-state index is 0.0722. The number of nitrogens with two attached hydrogens (primary N) is 1. The van der Waals surface area contributed by atoms with Gasteiger partial charge in [0.15, 0.2) is 11.2 Å². The third kappa shape index (κ3) is 2.09. The van der Waals surface area contributed by atoms with Crippen LogP contribution < -0.4 is 10.5 Å². The van der Waals surface area contributed by atoms with Crippen molar-refractivity contribution in [2.45, 2.75) is 19.4 Å². The van der Waals surface area contributed by atoms with Gasteiger partial charge in [-0.3, -0.25) is 0 Å². The lowest BCUT2D eigenvalue weighted by Gasteiger charge is -2.12. The third-order valence-electron chi connectivity index (χ3n) is 3.41. The Balaban J connectivity index is 2.03. The summed E-state index contributed by atoms with van der Waals surface area (Å²) in [6, 6.07) is 0.0859. The predicted molar refractivity (Wildman–Crippen MR) is 72.7 cm³/mol. The fraction of sp³-hybridized carbons (Fsp3) is 0.462. The lowest BCUT2D eigenvalue weighted by atomic mass is 10.1. The largest absolute Gasteiger partial charge is 0.476 e. The predicted octanol–water partition coefficient (Wildman–Crippen LogP) is 1.35. The van der Waals surface area contributed by atoms with E-state index in [0.717, 1.165) is 6.42 Å². The van der Waals surface area contributed by atoms with E-state index in [1.165, 1.54) is 0 Å². The quantitative estimate of drug-likeness (QED) is 0.848. The van der Waals surface area contributed by atoms with Gasteiger partial charge in [-0.25, -0.2) is 10.1 Å².